The van der Waals surface area contributed by atoms with E-state index >= 15 is 0 Å². The minimum atomic E-state index is 0. The van der Waals surface area contributed by atoms with Crippen LogP contribution in [0.5, 0.6) is 0 Å². The zero-order chi connectivity index (χ0) is 16.6. The van der Waals surface area contributed by atoms with Gasteiger partial charge in [0.1, 0.15) is 0 Å². The average molecular weight is 461 g/mol. The zero-order valence-corrected chi connectivity index (χ0v) is 20.7. The third kappa shape index (κ3) is 10.2. The largest absolute Gasteiger partial charge is 4.00 e. The maximum Gasteiger partial charge on any atom is 4.00 e. The summed E-state index contributed by atoms with van der Waals surface area (Å²) in [4.78, 5) is 0. The van der Waals surface area contributed by atoms with Crippen molar-refractivity contribution in [3.63, 3.8) is 0 Å². The minimum Gasteiger partial charge on any atom is -1.00 e. The first-order valence-electron chi connectivity index (χ1n) is 8.78. The molecule has 0 saturated heterocycles. The van der Waals surface area contributed by atoms with Gasteiger partial charge in [-0.05, 0) is 0 Å². The van der Waals surface area contributed by atoms with E-state index in [1.807, 2.05) is 0 Å². The van der Waals surface area contributed by atoms with Crippen molar-refractivity contribution < 1.29 is 51.0 Å². The molecule has 0 unspecified atom stereocenters. The first-order valence-corrected chi connectivity index (χ1v) is 8.78. The fraction of sp³-hybridized carbons (Fsp3) is 0.545. The Labute approximate surface area is 187 Å². The molecule has 0 radical (unpaired) electrons. The van der Waals surface area contributed by atoms with E-state index in [1.165, 1.54) is 36.8 Å². The Morgan fingerprint density at radius 2 is 0.840 bits per heavy atom. The van der Waals surface area contributed by atoms with Crippen LogP contribution in [-0.2, 0) is 37.0 Å². The van der Waals surface area contributed by atoms with Crippen molar-refractivity contribution in [1.82, 2.24) is 0 Å². The summed E-state index contributed by atoms with van der Waals surface area (Å²) in [5.74, 6) is 0. The molecule has 0 amide bonds. The summed E-state index contributed by atoms with van der Waals surface area (Å²) < 4.78 is 0. The van der Waals surface area contributed by atoms with Crippen molar-refractivity contribution in [1.29, 1.82) is 0 Å². The van der Waals surface area contributed by atoms with Gasteiger partial charge in [0.25, 0.3) is 0 Å². The second-order valence-electron chi connectivity index (χ2n) is 7.61. The molecule has 0 bridgehead atoms. The van der Waals surface area contributed by atoms with Crippen LogP contribution in [0.2, 0.25) is 0 Å². The number of hydrogen-bond acceptors (Lipinski definition) is 0. The molecular weight excluding hydrogens is 426 g/mol. The molecule has 0 N–H and O–H groups in total. The van der Waals surface area contributed by atoms with Gasteiger partial charge in [0.05, 0.1) is 0 Å². The van der Waals surface area contributed by atoms with Crippen molar-refractivity contribution in [3.8, 4) is 0 Å². The molecule has 0 aliphatic rings. The molecule has 0 spiro atoms. The molecule has 0 atom stereocenters. The molecule has 0 aliphatic heterocycles. The molecule has 2 rings (SSSR count). The fourth-order valence-electron chi connectivity index (χ4n) is 3.19. The number of hydrogen-bond donors (Lipinski definition) is 0. The van der Waals surface area contributed by atoms with Crippen molar-refractivity contribution in [2.75, 3.05) is 0 Å². The first kappa shape index (κ1) is 29.9. The molecule has 140 valence electrons. The van der Waals surface area contributed by atoms with Gasteiger partial charge in [-0.1, -0.05) is 78.1 Å². The van der Waals surface area contributed by atoms with Crippen LogP contribution in [0.4, 0.5) is 0 Å². The molecule has 2 aromatic carbocycles. The molecule has 0 aliphatic carbocycles. The van der Waals surface area contributed by atoms with Crippen LogP contribution >= 0.6 is 0 Å². The molecular formula is C22H34Cl2Zr. The number of rotatable bonds is 6. The molecule has 0 saturated carbocycles. The summed E-state index contributed by atoms with van der Waals surface area (Å²) in [6.45, 7) is 13.7. The summed E-state index contributed by atoms with van der Waals surface area (Å²) in [5.41, 5.74) is 3.69. The Kier molecular flexibility index (Phi) is 17.0. The molecule has 2 aromatic rings. The van der Waals surface area contributed by atoms with Crippen LogP contribution in [0, 0.1) is 0 Å². The van der Waals surface area contributed by atoms with Crippen LogP contribution in [0.1, 0.15) is 78.4 Å². The Morgan fingerprint density at radius 3 is 1.04 bits per heavy atom. The van der Waals surface area contributed by atoms with Gasteiger partial charge < -0.3 is 24.8 Å². The zero-order valence-electron chi connectivity index (χ0n) is 16.7. The first-order chi connectivity index (χ1) is 10.3. The van der Waals surface area contributed by atoms with Crippen LogP contribution in [0.25, 0.3) is 0 Å². The number of halogens is 2. The van der Waals surface area contributed by atoms with E-state index < -0.39 is 0 Å². The third-order valence-corrected chi connectivity index (χ3v) is 4.64. The van der Waals surface area contributed by atoms with E-state index in [9.17, 15) is 0 Å². The van der Waals surface area contributed by atoms with Crippen LogP contribution in [0.15, 0.2) is 48.5 Å². The van der Waals surface area contributed by atoms with E-state index in [0.29, 0.717) is 10.8 Å². The predicted molar refractivity (Wildman–Crippen MR) is 99.9 cm³/mol. The van der Waals surface area contributed by atoms with Gasteiger partial charge in [0, 0.05) is 0 Å². The molecule has 25 heavy (non-hydrogen) atoms. The van der Waals surface area contributed by atoms with Crippen LogP contribution < -0.4 is 24.8 Å². The van der Waals surface area contributed by atoms with Crippen LogP contribution in [0.3, 0.4) is 0 Å². The Hall–Kier alpha value is 0.163. The maximum atomic E-state index is 2.31. The van der Waals surface area contributed by atoms with Gasteiger partial charge in [-0.25, -0.2) is 24.3 Å². The summed E-state index contributed by atoms with van der Waals surface area (Å²) in [5, 5.41) is 0. The van der Waals surface area contributed by atoms with Gasteiger partial charge in [-0.15, -0.1) is 0 Å². The Balaban J connectivity index is -0.000000346. The monoisotopic (exact) mass is 458 g/mol. The summed E-state index contributed by atoms with van der Waals surface area (Å²) in [6, 6.07) is 17.3. The van der Waals surface area contributed by atoms with E-state index in [1.54, 1.807) is 0 Å². The van der Waals surface area contributed by atoms with E-state index in [4.69, 9.17) is 0 Å². The van der Waals surface area contributed by atoms with Crippen molar-refractivity contribution >= 4 is 0 Å². The normalized spacial score (nSPS) is 10.5. The van der Waals surface area contributed by atoms with Gasteiger partial charge in [0.2, 0.25) is 0 Å². The molecule has 0 aromatic heterocycles. The van der Waals surface area contributed by atoms with Gasteiger partial charge in [-0.3, -0.25) is 0 Å². The van der Waals surface area contributed by atoms with Crippen LogP contribution in [-0.4, -0.2) is 0 Å². The van der Waals surface area contributed by atoms with E-state index in [0.717, 1.165) is 0 Å². The summed E-state index contributed by atoms with van der Waals surface area (Å²) in [7, 11) is 0. The second-order valence-corrected chi connectivity index (χ2v) is 7.61. The van der Waals surface area contributed by atoms with Crippen molar-refractivity contribution in [3.05, 3.63) is 59.7 Å². The fourth-order valence-corrected chi connectivity index (χ4v) is 3.19. The van der Waals surface area contributed by atoms with Crippen molar-refractivity contribution in [2.45, 2.75) is 78.1 Å². The Morgan fingerprint density at radius 1 is 0.600 bits per heavy atom. The maximum absolute atomic E-state index is 2.31. The molecule has 0 nitrogen and oxygen atoms in total. The third-order valence-electron chi connectivity index (χ3n) is 4.64. The smallest absolute Gasteiger partial charge is 1.00 e. The van der Waals surface area contributed by atoms with Gasteiger partial charge >= 0.3 is 26.2 Å². The van der Waals surface area contributed by atoms with Gasteiger partial charge in [-0.2, -0.15) is 35.4 Å². The topological polar surface area (TPSA) is 0 Å². The van der Waals surface area contributed by atoms with Gasteiger partial charge in [0.15, 0.2) is 0 Å². The van der Waals surface area contributed by atoms with E-state index in [2.05, 4.69) is 90.1 Å². The minimum absolute atomic E-state index is 0. The second kappa shape index (κ2) is 14.2. The standard InChI is InChI=1S/2C11H17.2ClH.Zr/c2*1-4-9-11(2,3)10-7-5-6-8-10;;;/h2*5-8H,4,9H2,1-3H3;2*1H;/q2*-1;;;+4/p-2. The molecule has 0 heterocycles. The van der Waals surface area contributed by atoms with Crippen molar-refractivity contribution in [2.24, 2.45) is 0 Å². The predicted octanol–water partition coefficient (Wildman–Crippen LogP) is 0.972. The summed E-state index contributed by atoms with van der Waals surface area (Å²) >= 11 is 0. The molecule has 3 heteroatoms. The Bertz CT molecular complexity index is 448. The summed E-state index contributed by atoms with van der Waals surface area (Å²) in [6.07, 6.45) is 5.07. The SMILES string of the molecule is CCCC(C)(C)[c-]1cccc1.CCCC(C)(C)[c-]1cccc1.[Cl-].[Cl-].[Zr+4]. The molecule has 0 fully saturated rings. The quantitative estimate of drug-likeness (QED) is 0.564. The van der Waals surface area contributed by atoms with E-state index in [-0.39, 0.29) is 51.0 Å². The average Bonchev–Trinajstić information content (AvgIpc) is 3.14.